The van der Waals surface area contributed by atoms with Gasteiger partial charge in [-0.3, -0.25) is 0 Å². The maximum Gasteiger partial charge on any atom is 0.199 e. The molecule has 32 heavy (non-hydrogen) atoms. The molecule has 0 aliphatic heterocycles. The van der Waals surface area contributed by atoms with Crippen LogP contribution in [0.4, 0.5) is 5.82 Å². The highest BCUT2D eigenvalue weighted by Crippen LogP contribution is 2.33. The number of nitrogen functional groups attached to an aromatic ring is 1. The molecule has 0 radical (unpaired) electrons. The summed E-state index contributed by atoms with van der Waals surface area (Å²) in [6, 6.07) is 0. The summed E-state index contributed by atoms with van der Waals surface area (Å²) in [5.74, 6) is 6.93. The number of pyridine rings is 1. The summed E-state index contributed by atoms with van der Waals surface area (Å²) in [5, 5.41) is 21.0. The van der Waals surface area contributed by atoms with E-state index in [1.54, 1.807) is 20.0 Å². The Kier molecular flexibility index (Phi) is 6.71. The zero-order valence-corrected chi connectivity index (χ0v) is 19.5. The summed E-state index contributed by atoms with van der Waals surface area (Å²) < 4.78 is 12.8. The van der Waals surface area contributed by atoms with Crippen LogP contribution in [0.2, 0.25) is 0 Å². The maximum atomic E-state index is 10.0. The average molecular weight is 442 g/mol. The van der Waals surface area contributed by atoms with Gasteiger partial charge in [0.1, 0.15) is 22.3 Å². The molecule has 0 aliphatic rings. The van der Waals surface area contributed by atoms with E-state index in [2.05, 4.69) is 53.2 Å². The molecule has 0 saturated carbocycles. The zero-order chi connectivity index (χ0) is 23.5. The van der Waals surface area contributed by atoms with E-state index in [-0.39, 0.29) is 11.4 Å². The average Bonchev–Trinajstić information content (AvgIpc) is 3.28. The molecule has 172 valence electrons. The Hall–Kier alpha value is -3.16. The lowest BCUT2D eigenvalue weighted by atomic mass is 10.1. The number of fused-ring (bicyclic) bond motifs is 1. The normalized spacial score (nSPS) is 12.1. The molecule has 3 heterocycles. The van der Waals surface area contributed by atoms with E-state index in [4.69, 9.17) is 20.1 Å². The zero-order valence-electron chi connectivity index (χ0n) is 19.5. The first-order chi connectivity index (χ1) is 15.0. The fourth-order valence-electron chi connectivity index (χ4n) is 3.08. The van der Waals surface area contributed by atoms with Gasteiger partial charge in [0.05, 0.1) is 12.8 Å². The van der Waals surface area contributed by atoms with E-state index in [1.165, 1.54) is 0 Å². The molecule has 0 atom stereocenters. The number of ether oxygens (including phenoxy) is 1. The molecule has 0 aromatic carbocycles. The number of hydrogen-bond acceptors (Lipinski definition) is 9. The van der Waals surface area contributed by atoms with Crippen LogP contribution in [0.5, 0.6) is 5.75 Å². The number of aromatic nitrogens is 5. The Bertz CT molecular complexity index is 1140. The van der Waals surface area contributed by atoms with Gasteiger partial charge in [0.25, 0.3) is 0 Å². The van der Waals surface area contributed by atoms with Gasteiger partial charge in [0.2, 0.25) is 0 Å². The Labute approximate surface area is 187 Å². The first-order valence-electron chi connectivity index (χ1n) is 10.6. The standard InChI is InChI=1S/C22H31N7O3/c1-7-29-18-15(31-12-8-11-25-21(2,3)4)13-24-14(9-10-22(5,6)30)16(18)26-20(29)17-19(23)28-32-27-17/h13,25,30H,7-8,11-12H2,1-6H3,(H2,23,28). The van der Waals surface area contributed by atoms with Crippen molar-refractivity contribution in [1.29, 1.82) is 0 Å². The molecule has 0 unspecified atom stereocenters. The third kappa shape index (κ3) is 5.55. The van der Waals surface area contributed by atoms with Crippen molar-refractivity contribution in [1.82, 2.24) is 30.2 Å². The van der Waals surface area contributed by atoms with Crippen LogP contribution in [0, 0.1) is 11.8 Å². The number of nitrogens with zero attached hydrogens (tertiary/aromatic N) is 5. The third-order valence-corrected chi connectivity index (χ3v) is 4.50. The number of anilines is 1. The fourth-order valence-corrected chi connectivity index (χ4v) is 3.08. The van der Waals surface area contributed by atoms with Gasteiger partial charge >= 0.3 is 0 Å². The minimum Gasteiger partial charge on any atom is -0.490 e. The van der Waals surface area contributed by atoms with Crippen molar-refractivity contribution in [3.05, 3.63) is 11.9 Å². The summed E-state index contributed by atoms with van der Waals surface area (Å²) in [5.41, 5.74) is 6.83. The molecule has 0 amide bonds. The molecule has 0 saturated heterocycles. The van der Waals surface area contributed by atoms with Crippen molar-refractivity contribution in [2.24, 2.45) is 0 Å². The molecule has 10 nitrogen and oxygen atoms in total. The minimum absolute atomic E-state index is 0.0525. The first kappa shape index (κ1) is 23.5. The number of aryl methyl sites for hydroxylation is 1. The number of aliphatic hydroxyl groups is 1. The van der Waals surface area contributed by atoms with Crippen molar-refractivity contribution < 1.29 is 14.5 Å². The van der Waals surface area contributed by atoms with Crippen LogP contribution in [0.25, 0.3) is 22.6 Å². The van der Waals surface area contributed by atoms with Gasteiger partial charge in [-0.25, -0.2) is 14.6 Å². The molecule has 0 aliphatic carbocycles. The summed E-state index contributed by atoms with van der Waals surface area (Å²) in [4.78, 5) is 9.15. The predicted octanol–water partition coefficient (Wildman–Crippen LogP) is 2.36. The number of hydrogen-bond donors (Lipinski definition) is 3. The fraction of sp³-hybridized carbons (Fsp3) is 0.545. The van der Waals surface area contributed by atoms with Crippen LogP contribution in [-0.4, -0.2) is 54.2 Å². The van der Waals surface area contributed by atoms with E-state index in [0.717, 1.165) is 18.5 Å². The van der Waals surface area contributed by atoms with Crippen LogP contribution in [0.15, 0.2) is 10.8 Å². The Balaban J connectivity index is 2.03. The molecule has 3 rings (SSSR count). The van der Waals surface area contributed by atoms with Gasteiger partial charge < -0.3 is 25.5 Å². The van der Waals surface area contributed by atoms with Gasteiger partial charge in [-0.1, -0.05) is 5.92 Å². The Morgan fingerprint density at radius 2 is 2.00 bits per heavy atom. The smallest absolute Gasteiger partial charge is 0.199 e. The van der Waals surface area contributed by atoms with Crippen molar-refractivity contribution >= 4 is 16.9 Å². The molecule has 0 spiro atoms. The van der Waals surface area contributed by atoms with Gasteiger partial charge in [0, 0.05) is 12.1 Å². The van der Waals surface area contributed by atoms with Gasteiger partial charge in [0.15, 0.2) is 23.1 Å². The summed E-state index contributed by atoms with van der Waals surface area (Å²) in [6.45, 7) is 13.5. The number of rotatable bonds is 7. The molecular formula is C22H31N7O3. The highest BCUT2D eigenvalue weighted by Gasteiger charge is 2.23. The van der Waals surface area contributed by atoms with Gasteiger partial charge in [-0.05, 0) is 70.7 Å². The van der Waals surface area contributed by atoms with Crippen LogP contribution in [0.1, 0.15) is 53.7 Å². The number of nitrogens with one attached hydrogen (secondary N) is 1. The lowest BCUT2D eigenvalue weighted by molar-refractivity contribution is 0.143. The summed E-state index contributed by atoms with van der Waals surface area (Å²) in [7, 11) is 0. The van der Waals surface area contributed by atoms with Crippen molar-refractivity contribution in [3.8, 4) is 29.1 Å². The number of nitrogens with two attached hydrogens (primary N) is 1. The minimum atomic E-state index is -1.17. The highest BCUT2D eigenvalue weighted by molar-refractivity contribution is 5.89. The number of imidazole rings is 1. The van der Waals surface area contributed by atoms with E-state index in [1.807, 2.05) is 11.5 Å². The van der Waals surface area contributed by atoms with E-state index < -0.39 is 5.60 Å². The highest BCUT2D eigenvalue weighted by atomic mass is 16.6. The molecule has 3 aromatic heterocycles. The second-order valence-electron chi connectivity index (χ2n) is 9.03. The summed E-state index contributed by atoms with van der Waals surface area (Å²) >= 11 is 0. The summed E-state index contributed by atoms with van der Waals surface area (Å²) in [6.07, 6.45) is 2.46. The van der Waals surface area contributed by atoms with Crippen molar-refractivity contribution in [2.45, 2.75) is 65.6 Å². The van der Waals surface area contributed by atoms with Crippen LogP contribution in [-0.2, 0) is 6.54 Å². The second-order valence-corrected chi connectivity index (χ2v) is 9.03. The Morgan fingerprint density at radius 3 is 2.59 bits per heavy atom. The van der Waals surface area contributed by atoms with Crippen LogP contribution in [0.3, 0.4) is 0 Å². The van der Waals surface area contributed by atoms with E-state index in [9.17, 15) is 5.11 Å². The Morgan fingerprint density at radius 1 is 1.25 bits per heavy atom. The monoisotopic (exact) mass is 441 g/mol. The molecule has 4 N–H and O–H groups in total. The third-order valence-electron chi connectivity index (χ3n) is 4.50. The lowest BCUT2D eigenvalue weighted by Crippen LogP contribution is -2.36. The van der Waals surface area contributed by atoms with Gasteiger partial charge in [-0.2, -0.15) is 0 Å². The van der Waals surface area contributed by atoms with Crippen LogP contribution >= 0.6 is 0 Å². The van der Waals surface area contributed by atoms with E-state index in [0.29, 0.717) is 41.6 Å². The quantitative estimate of drug-likeness (QED) is 0.373. The topological polar surface area (TPSA) is 137 Å². The predicted molar refractivity (Wildman–Crippen MR) is 122 cm³/mol. The maximum absolute atomic E-state index is 10.0. The lowest BCUT2D eigenvalue weighted by Gasteiger charge is -2.20. The molecule has 10 heteroatoms. The molecule has 3 aromatic rings. The largest absolute Gasteiger partial charge is 0.490 e. The van der Waals surface area contributed by atoms with Gasteiger partial charge in [-0.15, -0.1) is 0 Å². The molecule has 0 bridgehead atoms. The second kappa shape index (κ2) is 9.14. The van der Waals surface area contributed by atoms with Crippen molar-refractivity contribution in [2.75, 3.05) is 18.9 Å². The first-order valence-corrected chi connectivity index (χ1v) is 10.6. The molecular weight excluding hydrogens is 410 g/mol. The SMILES string of the molecule is CCn1c(-c2nonc2N)nc2c(C#CC(C)(C)O)ncc(OCCCNC(C)(C)C)c21. The molecule has 0 fully saturated rings. The van der Waals surface area contributed by atoms with Crippen LogP contribution < -0.4 is 15.8 Å². The van der Waals surface area contributed by atoms with E-state index >= 15 is 0 Å². The van der Waals surface area contributed by atoms with Crippen molar-refractivity contribution in [3.63, 3.8) is 0 Å².